The monoisotopic (exact) mass is 367 g/mol. The molecule has 0 spiro atoms. The van der Waals surface area contributed by atoms with E-state index in [1.165, 1.54) is 25.7 Å². The fourth-order valence-corrected chi connectivity index (χ4v) is 1.61. The summed E-state index contributed by atoms with van der Waals surface area (Å²) in [4.78, 5) is 0. The zero-order chi connectivity index (χ0) is 8.81. The topological polar surface area (TPSA) is 0 Å². The minimum Gasteiger partial charge on any atom is -0.210 e. The molecule has 0 amide bonds. The molecule has 0 unspecified atom stereocenters. The maximum absolute atomic E-state index is 3.23. The summed E-state index contributed by atoms with van der Waals surface area (Å²) in [5, 5.41) is 0. The van der Waals surface area contributed by atoms with Crippen LogP contribution in [0, 0.1) is 0 Å². The van der Waals surface area contributed by atoms with Crippen molar-refractivity contribution in [3.63, 3.8) is 0 Å². The van der Waals surface area contributed by atoms with E-state index in [2.05, 4.69) is 42.6 Å². The van der Waals surface area contributed by atoms with Crippen molar-refractivity contribution in [1.82, 2.24) is 0 Å². The number of hydrogen-bond donors (Lipinski definition) is 0. The molecule has 0 N–H and O–H groups in total. The van der Waals surface area contributed by atoms with Gasteiger partial charge in [-0.3, -0.25) is 0 Å². The average molecular weight is 370 g/mol. The Morgan fingerprint density at radius 3 is 2.58 bits per heavy atom. The van der Waals surface area contributed by atoms with E-state index < -0.39 is 0 Å². The van der Waals surface area contributed by atoms with Crippen LogP contribution in [0.15, 0.2) is 18.2 Å². The summed E-state index contributed by atoms with van der Waals surface area (Å²) < 4.78 is 0. The van der Waals surface area contributed by atoms with E-state index in [1.54, 1.807) is 11.1 Å². The Bertz CT molecular complexity index is 200. The van der Waals surface area contributed by atoms with E-state index in [4.69, 9.17) is 0 Å². The van der Waals surface area contributed by atoms with Crippen LogP contribution in [0.4, 0.5) is 0 Å². The van der Waals surface area contributed by atoms with Gasteiger partial charge in [0.2, 0.25) is 0 Å². The largest absolute Gasteiger partial charge is 0.210 e. The molecule has 1 aliphatic carbocycles. The third kappa shape index (κ3) is 3.51. The molecule has 3 heteroatoms. The molecule has 0 atom stereocenters. The summed E-state index contributed by atoms with van der Waals surface area (Å²) in [5.41, 5.74) is 3.20. The van der Waals surface area contributed by atoms with E-state index in [0.29, 0.717) is 0 Å². The summed E-state index contributed by atoms with van der Waals surface area (Å²) in [6.45, 7) is 0. The van der Waals surface area contributed by atoms with E-state index in [9.17, 15) is 0 Å². The van der Waals surface area contributed by atoms with Gasteiger partial charge in [0.15, 0.2) is 0 Å². The van der Waals surface area contributed by atoms with E-state index in [1.807, 2.05) is 0 Å². The Morgan fingerprint density at radius 1 is 1.25 bits per heavy atom. The first-order valence-electron chi connectivity index (χ1n) is 4.08. The van der Waals surface area contributed by atoms with Crippen LogP contribution in [0.1, 0.15) is 24.0 Å². The third-order valence-electron chi connectivity index (χ3n) is 2.15. The maximum Gasteiger partial charge on any atom is -0.0512 e. The molecular weight excluding hydrogens is 359 g/mol. The van der Waals surface area contributed by atoms with Gasteiger partial charge in [-0.1, -0.05) is 25.7 Å². The normalized spacial score (nSPS) is 14.2. The SMILES string of the molecule is [Br][Zr][Br].c1cc2c([cH-]1)CCCC2. The van der Waals surface area contributed by atoms with Crippen molar-refractivity contribution in [3.05, 3.63) is 29.3 Å². The van der Waals surface area contributed by atoms with Gasteiger partial charge in [-0.25, -0.2) is 6.07 Å². The fourth-order valence-electron chi connectivity index (χ4n) is 1.61. The second kappa shape index (κ2) is 6.62. The number of rotatable bonds is 0. The standard InChI is InChI=1S/C9H11.2BrH.Zr/c1-2-5-9-7-3-6-8(9)4-1;;;/h3,6-7H,1-2,4-5H2;2*1H;/q-1;;;+2/p-2. The summed E-state index contributed by atoms with van der Waals surface area (Å²) in [6.07, 6.45) is 5.44. The van der Waals surface area contributed by atoms with Gasteiger partial charge < -0.3 is 0 Å². The predicted octanol–water partition coefficient (Wildman–Crippen LogP) is 3.97. The molecule has 0 aliphatic heterocycles. The molecule has 0 saturated carbocycles. The maximum atomic E-state index is 3.23. The zero-order valence-electron chi connectivity index (χ0n) is 6.82. The second-order valence-corrected chi connectivity index (χ2v) is 14.2. The molecule has 0 aromatic heterocycles. The van der Waals surface area contributed by atoms with Gasteiger partial charge in [0.05, 0.1) is 0 Å². The number of fused-ring (bicyclic) bond motifs is 1. The minimum atomic E-state index is -0.145. The summed E-state index contributed by atoms with van der Waals surface area (Å²) >= 11 is 6.32. The average Bonchev–Trinajstić information content (AvgIpc) is 2.52. The van der Waals surface area contributed by atoms with Crippen LogP contribution in [0.3, 0.4) is 0 Å². The molecule has 1 aromatic carbocycles. The molecule has 1 aliphatic rings. The first-order chi connectivity index (χ1) is 5.88. The Morgan fingerprint density at radius 2 is 1.92 bits per heavy atom. The van der Waals surface area contributed by atoms with Crippen molar-refractivity contribution in [2.45, 2.75) is 25.7 Å². The zero-order valence-corrected chi connectivity index (χ0v) is 12.4. The van der Waals surface area contributed by atoms with Gasteiger partial charge in [-0.2, -0.15) is 23.3 Å². The molecule has 12 heavy (non-hydrogen) atoms. The van der Waals surface area contributed by atoms with Gasteiger partial charge in [0.25, 0.3) is 0 Å². The van der Waals surface area contributed by atoms with E-state index in [0.717, 1.165) is 0 Å². The second-order valence-electron chi connectivity index (χ2n) is 2.85. The van der Waals surface area contributed by atoms with Crippen LogP contribution >= 0.6 is 24.4 Å². The molecule has 0 heterocycles. The van der Waals surface area contributed by atoms with Crippen LogP contribution in [0.5, 0.6) is 0 Å². The molecule has 0 saturated heterocycles. The summed E-state index contributed by atoms with van der Waals surface area (Å²) in [7, 11) is 0. The molecule has 66 valence electrons. The van der Waals surface area contributed by atoms with Crippen molar-refractivity contribution < 1.29 is 18.5 Å². The molecule has 2 rings (SSSR count). The minimum absolute atomic E-state index is 0.145. The van der Waals surface area contributed by atoms with Crippen LogP contribution in [0.2, 0.25) is 0 Å². The Hall–Kier alpha value is 1.19. The van der Waals surface area contributed by atoms with Gasteiger partial charge in [0.1, 0.15) is 0 Å². The molecule has 1 aromatic rings. The molecule has 0 bridgehead atoms. The number of hydrogen-bond acceptors (Lipinski definition) is 0. The van der Waals surface area contributed by atoms with Gasteiger partial charge >= 0.3 is 43.0 Å². The Kier molecular flexibility index (Phi) is 6.21. The Balaban J connectivity index is 0.000000213. The first kappa shape index (κ1) is 11.3. The third-order valence-corrected chi connectivity index (χ3v) is 2.15. The summed E-state index contributed by atoms with van der Waals surface area (Å²) in [6, 6.07) is 6.69. The molecular formula is C9H11Br2Zr-. The Labute approximate surface area is 97.0 Å². The quantitative estimate of drug-likeness (QED) is 0.607. The number of aryl methyl sites for hydroxylation is 2. The van der Waals surface area contributed by atoms with Crippen LogP contribution in [0.25, 0.3) is 0 Å². The first-order valence-corrected chi connectivity index (χ1v) is 15.3. The molecule has 0 nitrogen and oxygen atoms in total. The predicted molar refractivity (Wildman–Crippen MR) is 56.5 cm³/mol. The van der Waals surface area contributed by atoms with Gasteiger partial charge in [0, 0.05) is 0 Å². The van der Waals surface area contributed by atoms with Crippen molar-refractivity contribution in [2.24, 2.45) is 0 Å². The summed E-state index contributed by atoms with van der Waals surface area (Å²) in [5.74, 6) is 0. The smallest absolute Gasteiger partial charge is 0.0512 e. The van der Waals surface area contributed by atoms with Gasteiger partial charge in [-0.15, -0.1) is 0 Å². The van der Waals surface area contributed by atoms with Crippen molar-refractivity contribution in [2.75, 3.05) is 0 Å². The molecule has 0 fully saturated rings. The van der Waals surface area contributed by atoms with Crippen LogP contribution in [-0.4, -0.2) is 0 Å². The number of halogens is 2. The van der Waals surface area contributed by atoms with E-state index >= 15 is 0 Å². The van der Waals surface area contributed by atoms with Crippen LogP contribution in [-0.2, 0) is 31.4 Å². The fraction of sp³-hybridized carbons (Fsp3) is 0.444. The van der Waals surface area contributed by atoms with Crippen molar-refractivity contribution in [1.29, 1.82) is 0 Å². The molecule has 0 radical (unpaired) electrons. The van der Waals surface area contributed by atoms with E-state index in [-0.39, 0.29) is 18.5 Å². The van der Waals surface area contributed by atoms with Crippen molar-refractivity contribution in [3.8, 4) is 0 Å². The van der Waals surface area contributed by atoms with Crippen molar-refractivity contribution >= 4 is 24.4 Å². The van der Waals surface area contributed by atoms with Gasteiger partial charge in [-0.05, 0) is 0 Å². The van der Waals surface area contributed by atoms with Crippen LogP contribution < -0.4 is 0 Å².